The van der Waals surface area contributed by atoms with Crippen LogP contribution in [-0.4, -0.2) is 23.0 Å². The molecule has 1 N–H and O–H groups in total. The van der Waals surface area contributed by atoms with E-state index >= 15 is 0 Å². The summed E-state index contributed by atoms with van der Waals surface area (Å²) in [6.45, 7) is 0.561. The Kier molecular flexibility index (Phi) is 6.13. The highest BCUT2D eigenvalue weighted by Crippen LogP contribution is 2.33. The molecule has 0 atom stereocenters. The Labute approximate surface area is 119 Å². The highest BCUT2D eigenvalue weighted by atomic mass is 35.5. The van der Waals surface area contributed by atoms with Crippen LogP contribution >= 0.6 is 35.0 Å². The molecule has 0 unspecified atom stereocenters. The number of nitro benzene ring substituents is 1. The Balaban J connectivity index is 2.72. The van der Waals surface area contributed by atoms with E-state index in [1.807, 2.05) is 0 Å². The van der Waals surface area contributed by atoms with Crippen LogP contribution in [0, 0.1) is 22.5 Å². The summed E-state index contributed by atoms with van der Waals surface area (Å²) in [6.07, 6.45) is 5.11. The lowest BCUT2D eigenvalue weighted by Crippen LogP contribution is -2.06. The van der Waals surface area contributed by atoms with Crippen LogP contribution in [0.4, 0.5) is 11.4 Å². The molecular formula is C11H10Cl2N2O2S. The van der Waals surface area contributed by atoms with E-state index in [0.717, 1.165) is 5.75 Å². The van der Waals surface area contributed by atoms with Gasteiger partial charge in [0.25, 0.3) is 5.69 Å². The van der Waals surface area contributed by atoms with Gasteiger partial charge in [0.1, 0.15) is 5.69 Å². The number of hydrogen-bond donors (Lipinski definition) is 1. The summed E-state index contributed by atoms with van der Waals surface area (Å²) in [7, 11) is 0. The quantitative estimate of drug-likeness (QED) is 0.377. The minimum absolute atomic E-state index is 0.0913. The van der Waals surface area contributed by atoms with Crippen molar-refractivity contribution in [1.82, 2.24) is 0 Å². The molecule has 0 bridgehead atoms. The Morgan fingerprint density at radius 3 is 2.72 bits per heavy atom. The first-order valence-corrected chi connectivity index (χ1v) is 6.86. The number of halogens is 2. The number of rotatable bonds is 6. The molecule has 1 rings (SSSR count). The fourth-order valence-electron chi connectivity index (χ4n) is 1.22. The van der Waals surface area contributed by atoms with Gasteiger partial charge in [-0.3, -0.25) is 10.1 Å². The first-order chi connectivity index (χ1) is 8.56. The number of terminal acetylenes is 1. The van der Waals surface area contributed by atoms with Gasteiger partial charge in [-0.2, -0.15) is 0 Å². The van der Waals surface area contributed by atoms with E-state index in [0.29, 0.717) is 18.0 Å². The molecule has 1 aromatic carbocycles. The van der Waals surface area contributed by atoms with Crippen LogP contribution < -0.4 is 5.32 Å². The zero-order chi connectivity index (χ0) is 13.5. The Hall–Kier alpha value is -1.09. The number of nitro groups is 1. The SMILES string of the molecule is C#CCSCCNc1cc(Cl)c(Cl)cc1[N+](=O)[O-]. The van der Waals surface area contributed by atoms with Crippen molar-refractivity contribution in [3.8, 4) is 12.3 Å². The molecular weight excluding hydrogens is 295 g/mol. The lowest BCUT2D eigenvalue weighted by atomic mass is 10.2. The topological polar surface area (TPSA) is 55.2 Å². The second-order valence-electron chi connectivity index (χ2n) is 3.22. The predicted molar refractivity (Wildman–Crippen MR) is 77.8 cm³/mol. The molecule has 0 spiro atoms. The number of hydrogen-bond acceptors (Lipinski definition) is 4. The number of nitrogens with zero attached hydrogens (tertiary/aromatic N) is 1. The van der Waals surface area contributed by atoms with Gasteiger partial charge in [-0.25, -0.2) is 0 Å². The first-order valence-electron chi connectivity index (χ1n) is 4.94. The molecule has 96 valence electrons. The van der Waals surface area contributed by atoms with E-state index < -0.39 is 4.92 Å². The highest BCUT2D eigenvalue weighted by molar-refractivity contribution is 7.99. The van der Waals surface area contributed by atoms with Crippen LogP contribution in [0.3, 0.4) is 0 Å². The number of anilines is 1. The summed E-state index contributed by atoms with van der Waals surface area (Å²) in [5.74, 6) is 3.87. The molecule has 1 aromatic rings. The minimum Gasteiger partial charge on any atom is -0.379 e. The fourth-order valence-corrected chi connectivity index (χ4v) is 2.05. The summed E-state index contributed by atoms with van der Waals surface area (Å²) in [5.41, 5.74) is 0.266. The van der Waals surface area contributed by atoms with E-state index in [9.17, 15) is 10.1 Å². The van der Waals surface area contributed by atoms with Gasteiger partial charge in [0.15, 0.2) is 0 Å². The van der Waals surface area contributed by atoms with Gasteiger partial charge < -0.3 is 5.32 Å². The van der Waals surface area contributed by atoms with Crippen molar-refractivity contribution in [2.24, 2.45) is 0 Å². The maximum absolute atomic E-state index is 10.9. The van der Waals surface area contributed by atoms with Gasteiger partial charge in [0.05, 0.1) is 20.7 Å². The van der Waals surface area contributed by atoms with Gasteiger partial charge >= 0.3 is 0 Å². The summed E-state index contributed by atoms with van der Waals surface area (Å²) < 4.78 is 0. The molecule has 0 aliphatic rings. The summed E-state index contributed by atoms with van der Waals surface area (Å²) in [5, 5.41) is 14.2. The van der Waals surface area contributed by atoms with Crippen molar-refractivity contribution in [3.05, 3.63) is 32.3 Å². The molecule has 0 aromatic heterocycles. The minimum atomic E-state index is -0.501. The van der Waals surface area contributed by atoms with E-state index in [4.69, 9.17) is 29.6 Å². The van der Waals surface area contributed by atoms with E-state index in [1.165, 1.54) is 12.1 Å². The average molecular weight is 305 g/mol. The fraction of sp³-hybridized carbons (Fsp3) is 0.273. The monoisotopic (exact) mass is 304 g/mol. The van der Waals surface area contributed by atoms with Gasteiger partial charge in [-0.05, 0) is 6.07 Å². The van der Waals surface area contributed by atoms with Crippen LogP contribution in [0.5, 0.6) is 0 Å². The smallest absolute Gasteiger partial charge is 0.293 e. The standard InChI is InChI=1S/C11H10Cl2N2O2S/c1-2-4-18-5-3-14-10-6-8(12)9(13)7-11(10)15(16)17/h1,6-7,14H,3-5H2. The molecule has 0 aliphatic heterocycles. The van der Waals surface area contributed by atoms with Crippen molar-refractivity contribution in [3.63, 3.8) is 0 Å². The molecule has 0 saturated carbocycles. The lowest BCUT2D eigenvalue weighted by molar-refractivity contribution is -0.383. The van der Waals surface area contributed by atoms with E-state index in [-0.39, 0.29) is 15.7 Å². The van der Waals surface area contributed by atoms with Crippen LogP contribution in [0.15, 0.2) is 12.1 Å². The summed E-state index contributed by atoms with van der Waals surface area (Å²) in [4.78, 5) is 10.4. The van der Waals surface area contributed by atoms with Gasteiger partial charge in [0, 0.05) is 18.4 Å². The number of nitrogens with one attached hydrogen (secondary N) is 1. The first kappa shape index (κ1) is 15.0. The molecule has 0 amide bonds. The Morgan fingerprint density at radius 1 is 1.44 bits per heavy atom. The Bertz CT molecular complexity index is 489. The summed E-state index contributed by atoms with van der Waals surface area (Å²) >= 11 is 13.1. The third-order valence-corrected chi connectivity index (χ3v) is 3.57. The van der Waals surface area contributed by atoms with Crippen LogP contribution in [-0.2, 0) is 0 Å². The molecule has 4 nitrogen and oxygen atoms in total. The van der Waals surface area contributed by atoms with Gasteiger partial charge in [0.2, 0.25) is 0 Å². The van der Waals surface area contributed by atoms with Crippen molar-refractivity contribution < 1.29 is 4.92 Å². The molecule has 0 radical (unpaired) electrons. The van der Waals surface area contributed by atoms with E-state index in [2.05, 4.69) is 11.2 Å². The van der Waals surface area contributed by atoms with Crippen molar-refractivity contribution in [1.29, 1.82) is 0 Å². The molecule has 0 aliphatic carbocycles. The van der Waals surface area contributed by atoms with Crippen LogP contribution in [0.2, 0.25) is 10.0 Å². The van der Waals surface area contributed by atoms with Gasteiger partial charge in [-0.1, -0.05) is 29.1 Å². The van der Waals surface area contributed by atoms with Crippen LogP contribution in [0.1, 0.15) is 0 Å². The molecule has 0 heterocycles. The van der Waals surface area contributed by atoms with E-state index in [1.54, 1.807) is 11.8 Å². The molecule has 7 heteroatoms. The second kappa shape index (κ2) is 7.37. The van der Waals surface area contributed by atoms with Crippen LogP contribution in [0.25, 0.3) is 0 Å². The van der Waals surface area contributed by atoms with Crippen molar-refractivity contribution in [2.75, 3.05) is 23.4 Å². The van der Waals surface area contributed by atoms with Crippen molar-refractivity contribution >= 4 is 46.3 Å². The average Bonchev–Trinajstić information content (AvgIpc) is 2.32. The van der Waals surface area contributed by atoms with Gasteiger partial charge in [-0.15, -0.1) is 18.2 Å². The highest BCUT2D eigenvalue weighted by Gasteiger charge is 2.16. The second-order valence-corrected chi connectivity index (χ2v) is 5.14. The third kappa shape index (κ3) is 4.30. The molecule has 18 heavy (non-hydrogen) atoms. The number of benzene rings is 1. The summed E-state index contributed by atoms with van der Waals surface area (Å²) in [6, 6.07) is 2.69. The Morgan fingerprint density at radius 2 is 2.11 bits per heavy atom. The molecule has 0 fully saturated rings. The maximum atomic E-state index is 10.9. The maximum Gasteiger partial charge on any atom is 0.293 e. The lowest BCUT2D eigenvalue weighted by Gasteiger charge is -2.07. The zero-order valence-corrected chi connectivity index (χ0v) is 11.6. The zero-order valence-electron chi connectivity index (χ0n) is 9.28. The van der Waals surface area contributed by atoms with Crippen molar-refractivity contribution in [2.45, 2.75) is 0 Å². The predicted octanol–water partition coefficient (Wildman–Crippen LogP) is 3.68. The number of thioether (sulfide) groups is 1. The normalized spacial score (nSPS) is 9.83. The largest absolute Gasteiger partial charge is 0.379 e. The molecule has 0 saturated heterocycles. The third-order valence-electron chi connectivity index (χ3n) is 1.98.